The van der Waals surface area contributed by atoms with Gasteiger partial charge < -0.3 is 43.4 Å². The van der Waals surface area contributed by atoms with Crippen molar-refractivity contribution in [3.8, 4) is 23.0 Å². The van der Waals surface area contributed by atoms with Gasteiger partial charge in [0.2, 0.25) is 5.91 Å². The number of nitrogens with one attached hydrogen (secondary N) is 2. The van der Waals surface area contributed by atoms with E-state index in [9.17, 15) is 24.0 Å². The van der Waals surface area contributed by atoms with Gasteiger partial charge in [-0.1, -0.05) is 0 Å². The Hall–Kier alpha value is -5.41. The van der Waals surface area contributed by atoms with Gasteiger partial charge in [-0.05, 0) is 119 Å². The van der Waals surface area contributed by atoms with Gasteiger partial charge in [-0.2, -0.15) is 0 Å². The summed E-state index contributed by atoms with van der Waals surface area (Å²) in [5.41, 5.74) is -1.66. The SMILES string of the molecule is CC/N=C/OP(OCC(COC)NC(=O)CCNC(=O)c1ccc2c(c1)C1(OC2=O)c2ccc(OC(=O)C(C)(C)C)cc2Oc2cc(OC(=O)C(C)(C)C)ccc21)N(C(C)C)C(C)C. The maximum Gasteiger partial charge on any atom is 0.340 e. The second-order valence-electron chi connectivity index (χ2n) is 18.1. The molecule has 2 heterocycles. The average Bonchev–Trinajstić information content (AvgIpc) is 3.49. The monoisotopic (exact) mass is 904 g/mol. The van der Waals surface area contributed by atoms with E-state index in [4.69, 9.17) is 32.7 Å². The summed E-state index contributed by atoms with van der Waals surface area (Å²) in [4.78, 5) is 70.5. The van der Waals surface area contributed by atoms with E-state index in [1.54, 1.807) is 71.9 Å². The number of esters is 3. The molecule has 2 atom stereocenters. The Kier molecular flexibility index (Phi) is 16.0. The minimum atomic E-state index is -1.63. The van der Waals surface area contributed by atoms with Crippen molar-refractivity contribution in [2.45, 2.75) is 106 Å². The van der Waals surface area contributed by atoms with E-state index in [2.05, 4.69) is 48.0 Å². The number of fused-ring (bicyclic) bond motifs is 6. The molecule has 2 aliphatic heterocycles. The number of ether oxygens (including phenoxy) is 5. The summed E-state index contributed by atoms with van der Waals surface area (Å²) in [6.45, 7) is 21.3. The Balaban J connectivity index is 1.37. The number of hydrogen-bond acceptors (Lipinski definition) is 14. The summed E-state index contributed by atoms with van der Waals surface area (Å²) in [5.74, 6) is -1.64. The van der Waals surface area contributed by atoms with Gasteiger partial charge in [0.05, 0.1) is 35.6 Å². The van der Waals surface area contributed by atoms with Gasteiger partial charge in [-0.3, -0.25) is 24.2 Å². The predicted octanol–water partition coefficient (Wildman–Crippen LogP) is 7.84. The van der Waals surface area contributed by atoms with Crippen molar-refractivity contribution in [2.24, 2.45) is 15.8 Å². The van der Waals surface area contributed by atoms with E-state index in [0.29, 0.717) is 23.2 Å². The number of benzene rings is 3. The summed E-state index contributed by atoms with van der Waals surface area (Å²) in [5, 5.41) is 5.75. The second kappa shape index (κ2) is 20.6. The smallest absolute Gasteiger partial charge is 0.340 e. The van der Waals surface area contributed by atoms with E-state index < -0.39 is 54.8 Å². The molecule has 0 saturated heterocycles. The number of carbonyl (C=O) groups is 5. The lowest BCUT2D eigenvalue weighted by Gasteiger charge is -2.37. The van der Waals surface area contributed by atoms with Crippen LogP contribution in [-0.2, 0) is 38.5 Å². The van der Waals surface area contributed by atoms with Crippen molar-refractivity contribution in [2.75, 3.05) is 33.4 Å². The first kappa shape index (κ1) is 49.6. The van der Waals surface area contributed by atoms with Crippen LogP contribution in [0.4, 0.5) is 0 Å². The second-order valence-corrected chi connectivity index (χ2v) is 19.5. The first-order valence-electron chi connectivity index (χ1n) is 21.3. The van der Waals surface area contributed by atoms with Crippen LogP contribution < -0.4 is 24.8 Å². The highest BCUT2D eigenvalue weighted by Gasteiger charge is 2.54. The molecule has 0 saturated carbocycles. The summed E-state index contributed by atoms with van der Waals surface area (Å²) in [7, 11) is -0.00965. The molecule has 17 heteroatoms. The Morgan fingerprint density at radius 3 is 1.92 bits per heavy atom. The van der Waals surface area contributed by atoms with Crippen LogP contribution in [-0.4, -0.2) is 92.3 Å². The highest BCUT2D eigenvalue weighted by Crippen LogP contribution is 2.57. The molecule has 64 heavy (non-hydrogen) atoms. The Morgan fingerprint density at radius 2 is 1.41 bits per heavy atom. The number of aliphatic imine (C=N–C) groups is 1. The van der Waals surface area contributed by atoms with Crippen LogP contribution >= 0.6 is 8.53 Å². The molecule has 2 amide bonds. The van der Waals surface area contributed by atoms with Crippen LogP contribution in [0.2, 0.25) is 0 Å². The van der Waals surface area contributed by atoms with Crippen molar-refractivity contribution in [3.05, 3.63) is 82.4 Å². The van der Waals surface area contributed by atoms with Gasteiger partial charge in [0, 0.05) is 73.1 Å². The number of rotatable bonds is 18. The Labute approximate surface area is 376 Å². The molecule has 16 nitrogen and oxygen atoms in total. The zero-order valence-corrected chi connectivity index (χ0v) is 39.7. The summed E-state index contributed by atoms with van der Waals surface area (Å²) < 4.78 is 43.7. The van der Waals surface area contributed by atoms with E-state index >= 15 is 0 Å². The van der Waals surface area contributed by atoms with Crippen molar-refractivity contribution >= 4 is 44.6 Å². The van der Waals surface area contributed by atoms with Crippen molar-refractivity contribution in [1.82, 2.24) is 15.3 Å². The predicted molar refractivity (Wildman–Crippen MR) is 241 cm³/mol. The van der Waals surface area contributed by atoms with E-state index in [-0.39, 0.29) is 78.3 Å². The highest BCUT2D eigenvalue weighted by molar-refractivity contribution is 7.45. The third-order valence-electron chi connectivity index (χ3n) is 10.1. The number of nitrogens with zero attached hydrogens (tertiary/aromatic N) is 2. The van der Waals surface area contributed by atoms with Crippen LogP contribution in [0, 0.1) is 10.8 Å². The van der Waals surface area contributed by atoms with Crippen molar-refractivity contribution in [1.29, 1.82) is 0 Å². The van der Waals surface area contributed by atoms with E-state index in [1.807, 2.05) is 6.92 Å². The molecule has 0 aliphatic carbocycles. The van der Waals surface area contributed by atoms with Crippen molar-refractivity contribution in [3.63, 3.8) is 0 Å². The molecule has 0 radical (unpaired) electrons. The molecule has 0 bridgehead atoms. The van der Waals surface area contributed by atoms with Crippen LogP contribution in [0.25, 0.3) is 0 Å². The molecule has 346 valence electrons. The Morgan fingerprint density at radius 1 is 0.828 bits per heavy atom. The fraction of sp³-hybridized carbons (Fsp3) is 0.489. The van der Waals surface area contributed by atoms with Gasteiger partial charge in [-0.15, -0.1) is 0 Å². The molecular formula is C47H61N4O12P. The third kappa shape index (κ3) is 11.4. The molecule has 2 unspecified atom stereocenters. The summed E-state index contributed by atoms with van der Waals surface area (Å²) in [6.07, 6.45) is 1.35. The fourth-order valence-corrected chi connectivity index (χ4v) is 8.43. The molecular weight excluding hydrogens is 844 g/mol. The molecule has 2 aliphatic rings. The maximum absolute atomic E-state index is 13.8. The third-order valence-corrected chi connectivity index (χ3v) is 12.0. The minimum Gasteiger partial charge on any atom is -0.456 e. The number of carbonyl (C=O) groups excluding carboxylic acids is 5. The topological polar surface area (TPSA) is 190 Å². The Bertz CT molecular complexity index is 2160. The van der Waals surface area contributed by atoms with Crippen LogP contribution in [0.3, 0.4) is 0 Å². The van der Waals surface area contributed by atoms with Crippen LogP contribution in [0.15, 0.2) is 59.6 Å². The highest BCUT2D eigenvalue weighted by atomic mass is 31.2. The minimum absolute atomic E-state index is 0.00764. The molecule has 5 rings (SSSR count). The first-order valence-corrected chi connectivity index (χ1v) is 22.5. The zero-order chi connectivity index (χ0) is 47.1. The summed E-state index contributed by atoms with van der Waals surface area (Å²) >= 11 is 0. The molecule has 2 N–H and O–H groups in total. The number of methoxy groups -OCH3 is 1. The standard InChI is InChI=1S/C47H61N4O12P/c1-13-48-27-59-64(51(28(2)3)29(4)5)58-26-31(25-57-12)50-40(52)20-21-49-41(53)30-14-17-34-37(22-30)47(63-42(34)54)35-18-15-32(60-43(55)45(6,7)8)23-38(35)62-39-24-33(16-19-36(39)47)61-44(56)46(9,10)11/h14-19,22-24,27-29,31H,13,20-21,25-26H2,1-12H3,(H,49,53)(H,50,52)/b48-27+. The molecule has 3 aromatic carbocycles. The lowest BCUT2D eigenvalue weighted by molar-refractivity contribution is -0.143. The normalized spacial score (nSPS) is 15.0. The fourth-order valence-electron chi connectivity index (χ4n) is 6.92. The molecule has 1 spiro atoms. The average molecular weight is 905 g/mol. The van der Waals surface area contributed by atoms with E-state index in [0.717, 1.165) is 0 Å². The molecule has 0 fully saturated rings. The van der Waals surface area contributed by atoms with Gasteiger partial charge in [-0.25, -0.2) is 9.46 Å². The van der Waals surface area contributed by atoms with Gasteiger partial charge in [0.1, 0.15) is 23.0 Å². The number of hydrogen-bond donors (Lipinski definition) is 2. The molecule has 0 aromatic heterocycles. The van der Waals surface area contributed by atoms with E-state index in [1.165, 1.54) is 37.8 Å². The maximum atomic E-state index is 13.8. The van der Waals surface area contributed by atoms with Gasteiger partial charge >= 0.3 is 26.4 Å². The van der Waals surface area contributed by atoms with Gasteiger partial charge in [0.15, 0.2) is 12.0 Å². The van der Waals surface area contributed by atoms with Crippen molar-refractivity contribution < 1.29 is 56.7 Å². The quantitative estimate of drug-likeness (QED) is 0.0413. The largest absolute Gasteiger partial charge is 0.456 e. The first-order chi connectivity index (χ1) is 30.1. The number of amides is 2. The summed E-state index contributed by atoms with van der Waals surface area (Å²) in [6, 6.07) is 13.8. The van der Waals surface area contributed by atoms with Crippen LogP contribution in [0.5, 0.6) is 23.0 Å². The lowest BCUT2D eigenvalue weighted by Crippen LogP contribution is -2.43. The zero-order valence-electron chi connectivity index (χ0n) is 38.8. The lowest BCUT2D eigenvalue weighted by atomic mass is 9.77. The van der Waals surface area contributed by atoms with Gasteiger partial charge in [0.25, 0.3) is 5.91 Å². The van der Waals surface area contributed by atoms with Crippen LogP contribution in [0.1, 0.15) is 120 Å². The molecule has 3 aromatic rings.